The lowest BCUT2D eigenvalue weighted by Gasteiger charge is -2.21. The van der Waals surface area contributed by atoms with E-state index in [1.807, 2.05) is 0 Å². The minimum absolute atomic E-state index is 0.0789. The van der Waals surface area contributed by atoms with E-state index in [1.165, 1.54) is 12.1 Å². The van der Waals surface area contributed by atoms with Gasteiger partial charge in [0.05, 0.1) is 12.2 Å². The Kier molecular flexibility index (Phi) is 6.81. The maximum atomic E-state index is 13.7. The topological polar surface area (TPSA) is 29.5 Å². The Balaban J connectivity index is 2.87. The number of hydrogen-bond donors (Lipinski definition) is 0. The monoisotopic (exact) mass is 381 g/mol. The molecule has 0 aliphatic rings. The molecule has 1 rings (SSSR count). The Morgan fingerprint density at radius 2 is 2.17 bits per heavy atom. The second-order valence-electron chi connectivity index (χ2n) is 3.60. The fourth-order valence-corrected chi connectivity index (χ4v) is 2.21. The number of nitrogens with zero attached hydrogens (tertiary/aromatic N) is 1. The minimum atomic E-state index is -0.522. The smallest absolute Gasteiger partial charge is 0.256 e. The van der Waals surface area contributed by atoms with Crippen molar-refractivity contribution in [3.63, 3.8) is 0 Å². The van der Waals surface area contributed by atoms with Gasteiger partial charge >= 0.3 is 0 Å². The number of ether oxygens (including phenoxy) is 1. The molecule has 0 aromatic heterocycles. The molecule has 6 heteroatoms. The highest BCUT2D eigenvalue weighted by Gasteiger charge is 2.18. The van der Waals surface area contributed by atoms with Crippen molar-refractivity contribution < 1.29 is 13.9 Å². The highest BCUT2D eigenvalue weighted by molar-refractivity contribution is 9.10. The largest absolute Gasteiger partial charge is 0.383 e. The molecule has 0 saturated heterocycles. The van der Waals surface area contributed by atoms with E-state index in [2.05, 4.69) is 31.9 Å². The molecular weight excluding hydrogens is 369 g/mol. The number of halogens is 3. The minimum Gasteiger partial charge on any atom is -0.383 e. The van der Waals surface area contributed by atoms with E-state index in [1.54, 1.807) is 18.1 Å². The Morgan fingerprint density at radius 3 is 2.72 bits per heavy atom. The summed E-state index contributed by atoms with van der Waals surface area (Å²) >= 11 is 6.44. The van der Waals surface area contributed by atoms with Crippen molar-refractivity contribution in [3.05, 3.63) is 34.1 Å². The standard InChI is InChI=1S/C12H14Br2FNO2/c1-18-7-6-16(5-4-13)12(17)10-3-2-9(14)8-11(10)15/h2-3,8H,4-7H2,1H3. The molecule has 0 bridgehead atoms. The van der Waals surface area contributed by atoms with E-state index in [-0.39, 0.29) is 11.5 Å². The predicted molar refractivity (Wildman–Crippen MR) is 75.7 cm³/mol. The molecule has 0 saturated carbocycles. The van der Waals surface area contributed by atoms with Crippen LogP contribution in [0.2, 0.25) is 0 Å². The molecule has 0 heterocycles. The zero-order valence-corrected chi connectivity index (χ0v) is 13.1. The van der Waals surface area contributed by atoms with Crippen LogP contribution in [0.1, 0.15) is 10.4 Å². The number of methoxy groups -OCH3 is 1. The van der Waals surface area contributed by atoms with Gasteiger partial charge in [0.2, 0.25) is 0 Å². The third-order valence-corrected chi connectivity index (χ3v) is 3.22. The van der Waals surface area contributed by atoms with Crippen LogP contribution in [0.3, 0.4) is 0 Å². The SMILES string of the molecule is COCCN(CCBr)C(=O)c1ccc(Br)cc1F. The third kappa shape index (κ3) is 4.33. The number of rotatable bonds is 6. The molecule has 0 spiro atoms. The van der Waals surface area contributed by atoms with Crippen LogP contribution in [-0.2, 0) is 4.74 Å². The number of alkyl halides is 1. The molecule has 0 atom stereocenters. The molecule has 3 nitrogen and oxygen atoms in total. The highest BCUT2D eigenvalue weighted by atomic mass is 79.9. The molecule has 100 valence electrons. The van der Waals surface area contributed by atoms with Crippen LogP contribution in [0.25, 0.3) is 0 Å². The van der Waals surface area contributed by atoms with Gasteiger partial charge < -0.3 is 9.64 Å². The maximum Gasteiger partial charge on any atom is 0.256 e. The Hall–Kier alpha value is -0.460. The summed E-state index contributed by atoms with van der Waals surface area (Å²) in [7, 11) is 1.57. The summed E-state index contributed by atoms with van der Waals surface area (Å²) in [5, 5.41) is 0.639. The fraction of sp³-hybridized carbons (Fsp3) is 0.417. The molecule has 0 aliphatic heterocycles. The first-order chi connectivity index (χ1) is 8.60. The van der Waals surface area contributed by atoms with Crippen LogP contribution in [0, 0.1) is 5.82 Å². The van der Waals surface area contributed by atoms with Gasteiger partial charge in [-0.3, -0.25) is 4.79 Å². The van der Waals surface area contributed by atoms with Crippen molar-refractivity contribution in [2.45, 2.75) is 0 Å². The third-order valence-electron chi connectivity index (χ3n) is 2.37. The maximum absolute atomic E-state index is 13.7. The Morgan fingerprint density at radius 1 is 1.44 bits per heavy atom. The molecule has 1 amide bonds. The van der Waals surface area contributed by atoms with Gasteiger partial charge in [-0.15, -0.1) is 0 Å². The van der Waals surface area contributed by atoms with Gasteiger partial charge in [-0.2, -0.15) is 0 Å². The van der Waals surface area contributed by atoms with E-state index < -0.39 is 5.82 Å². The Bertz CT molecular complexity index is 415. The van der Waals surface area contributed by atoms with Crippen molar-refractivity contribution in [1.29, 1.82) is 0 Å². The summed E-state index contributed by atoms with van der Waals surface area (Å²) in [4.78, 5) is 13.7. The average Bonchev–Trinajstić information content (AvgIpc) is 2.33. The van der Waals surface area contributed by atoms with Crippen LogP contribution in [0.15, 0.2) is 22.7 Å². The van der Waals surface area contributed by atoms with Gasteiger partial charge in [-0.25, -0.2) is 4.39 Å². The van der Waals surface area contributed by atoms with Crippen molar-refractivity contribution in [1.82, 2.24) is 4.90 Å². The van der Waals surface area contributed by atoms with Gasteiger partial charge in [0.1, 0.15) is 5.82 Å². The quantitative estimate of drug-likeness (QED) is 0.707. The van der Waals surface area contributed by atoms with E-state index in [0.717, 1.165) is 0 Å². The van der Waals surface area contributed by atoms with E-state index in [4.69, 9.17) is 4.74 Å². The fourth-order valence-electron chi connectivity index (χ4n) is 1.45. The summed E-state index contributed by atoms with van der Waals surface area (Å²) in [5.41, 5.74) is 0.0789. The van der Waals surface area contributed by atoms with Crippen molar-refractivity contribution in [2.75, 3.05) is 32.1 Å². The van der Waals surface area contributed by atoms with Crippen LogP contribution in [0.4, 0.5) is 4.39 Å². The molecule has 18 heavy (non-hydrogen) atoms. The molecule has 0 aliphatic carbocycles. The van der Waals surface area contributed by atoms with Gasteiger partial charge in [0.15, 0.2) is 0 Å². The number of hydrogen-bond acceptors (Lipinski definition) is 2. The lowest BCUT2D eigenvalue weighted by atomic mass is 10.2. The van der Waals surface area contributed by atoms with Gasteiger partial charge in [-0.05, 0) is 18.2 Å². The molecule has 1 aromatic rings. The van der Waals surface area contributed by atoms with Gasteiger partial charge in [-0.1, -0.05) is 31.9 Å². The van der Waals surface area contributed by atoms with Crippen LogP contribution in [-0.4, -0.2) is 42.9 Å². The molecular formula is C12H14Br2FNO2. The predicted octanol–water partition coefficient (Wildman–Crippen LogP) is 3.07. The first-order valence-electron chi connectivity index (χ1n) is 5.39. The van der Waals surface area contributed by atoms with Gasteiger partial charge in [0.25, 0.3) is 5.91 Å². The van der Waals surface area contributed by atoms with Crippen molar-refractivity contribution in [3.8, 4) is 0 Å². The van der Waals surface area contributed by atoms with Gasteiger partial charge in [0, 0.05) is 30.0 Å². The number of benzene rings is 1. The van der Waals surface area contributed by atoms with E-state index >= 15 is 0 Å². The lowest BCUT2D eigenvalue weighted by molar-refractivity contribution is 0.0704. The van der Waals surface area contributed by atoms with Crippen LogP contribution >= 0.6 is 31.9 Å². The number of carbonyl (C=O) groups excluding carboxylic acids is 1. The summed E-state index contributed by atoms with van der Waals surface area (Å²) in [6.07, 6.45) is 0. The molecule has 0 N–H and O–H groups in total. The number of amides is 1. The van der Waals surface area contributed by atoms with Crippen LogP contribution in [0.5, 0.6) is 0 Å². The number of carbonyl (C=O) groups is 1. The van der Waals surface area contributed by atoms with Crippen molar-refractivity contribution in [2.24, 2.45) is 0 Å². The zero-order chi connectivity index (χ0) is 13.5. The first-order valence-corrected chi connectivity index (χ1v) is 7.30. The summed E-state index contributed by atoms with van der Waals surface area (Å²) < 4.78 is 19.3. The van der Waals surface area contributed by atoms with E-state index in [0.29, 0.717) is 29.5 Å². The zero-order valence-electron chi connectivity index (χ0n) is 9.96. The van der Waals surface area contributed by atoms with E-state index in [9.17, 15) is 9.18 Å². The second kappa shape index (κ2) is 7.86. The molecule has 0 radical (unpaired) electrons. The highest BCUT2D eigenvalue weighted by Crippen LogP contribution is 2.17. The first kappa shape index (κ1) is 15.6. The Labute approximate surface area is 123 Å². The van der Waals surface area contributed by atoms with Crippen molar-refractivity contribution >= 4 is 37.8 Å². The lowest BCUT2D eigenvalue weighted by Crippen LogP contribution is -2.35. The average molecular weight is 383 g/mol. The second-order valence-corrected chi connectivity index (χ2v) is 5.31. The molecule has 1 aromatic carbocycles. The van der Waals surface area contributed by atoms with Crippen LogP contribution < -0.4 is 0 Å². The molecule has 0 unspecified atom stereocenters. The molecule has 0 fully saturated rings. The summed E-state index contributed by atoms with van der Waals surface area (Å²) in [6.45, 7) is 1.38. The summed E-state index contributed by atoms with van der Waals surface area (Å²) in [5.74, 6) is -0.845. The normalized spacial score (nSPS) is 10.4. The summed E-state index contributed by atoms with van der Waals surface area (Å²) in [6, 6.07) is 4.42.